The summed E-state index contributed by atoms with van der Waals surface area (Å²) in [5.74, 6) is -0.283. The zero-order valence-electron chi connectivity index (χ0n) is 12.7. The van der Waals surface area contributed by atoms with E-state index in [1.807, 2.05) is 27.7 Å². The van der Waals surface area contributed by atoms with Crippen molar-refractivity contribution in [1.29, 1.82) is 0 Å². The molecule has 0 unspecified atom stereocenters. The number of amides is 1. The second-order valence-corrected chi connectivity index (χ2v) is 6.43. The molecule has 1 amide bonds. The van der Waals surface area contributed by atoms with Gasteiger partial charge < -0.3 is 14.6 Å². The highest BCUT2D eigenvalue weighted by atomic mass is 35.5. The van der Waals surface area contributed by atoms with Crippen LogP contribution in [0.1, 0.15) is 27.7 Å². The highest BCUT2D eigenvalue weighted by Gasteiger charge is 2.52. The molecular weight excluding hydrogens is 288 g/mol. The lowest BCUT2D eigenvalue weighted by atomic mass is 9.79. The topological polar surface area (TPSA) is 47.6 Å². The summed E-state index contributed by atoms with van der Waals surface area (Å²) in [6, 6.07) is 5.22. The maximum Gasteiger partial charge on any atom is 0.496 e. The fraction of sp³-hybridized carbons (Fsp3) is 0.400. The van der Waals surface area contributed by atoms with E-state index in [9.17, 15) is 4.79 Å². The van der Waals surface area contributed by atoms with E-state index in [0.717, 1.165) is 5.46 Å². The van der Waals surface area contributed by atoms with Crippen molar-refractivity contribution in [3.05, 3.63) is 35.9 Å². The quantitative estimate of drug-likeness (QED) is 0.690. The molecular formula is C15H19BClNO3. The summed E-state index contributed by atoms with van der Waals surface area (Å²) in [5.41, 5.74) is 0.505. The van der Waals surface area contributed by atoms with Crippen LogP contribution in [-0.2, 0) is 14.1 Å². The molecule has 1 aromatic carbocycles. The second kappa shape index (κ2) is 5.48. The molecule has 2 rings (SSSR count). The molecule has 1 heterocycles. The average Bonchev–Trinajstić information content (AvgIpc) is 2.58. The number of halogens is 1. The van der Waals surface area contributed by atoms with E-state index in [4.69, 9.17) is 20.9 Å². The van der Waals surface area contributed by atoms with Crippen LogP contribution in [0.25, 0.3) is 0 Å². The molecule has 4 nitrogen and oxygen atoms in total. The van der Waals surface area contributed by atoms with Gasteiger partial charge in [0.1, 0.15) is 0 Å². The number of benzene rings is 1. The van der Waals surface area contributed by atoms with Gasteiger partial charge in [0, 0.05) is 16.2 Å². The molecule has 1 saturated heterocycles. The SMILES string of the molecule is C=CC(=O)Nc1ccc(B2OC(C)(C)C(C)(C)O2)c(Cl)c1. The first-order chi connectivity index (χ1) is 9.66. The Balaban J connectivity index is 2.23. The van der Waals surface area contributed by atoms with Crippen molar-refractivity contribution in [2.24, 2.45) is 0 Å². The first kappa shape index (κ1) is 16.1. The molecule has 0 aliphatic carbocycles. The van der Waals surface area contributed by atoms with E-state index in [-0.39, 0.29) is 5.91 Å². The number of nitrogens with one attached hydrogen (secondary N) is 1. The molecule has 0 saturated carbocycles. The first-order valence-electron chi connectivity index (χ1n) is 6.75. The fourth-order valence-corrected chi connectivity index (χ4v) is 2.23. The van der Waals surface area contributed by atoms with Crippen molar-refractivity contribution >= 4 is 35.8 Å². The Labute approximate surface area is 130 Å². The maximum atomic E-state index is 11.3. The van der Waals surface area contributed by atoms with Gasteiger partial charge in [-0.3, -0.25) is 4.79 Å². The third-order valence-electron chi connectivity index (χ3n) is 3.96. The number of anilines is 1. The summed E-state index contributed by atoms with van der Waals surface area (Å²) in [6.07, 6.45) is 1.20. The van der Waals surface area contributed by atoms with Crippen LogP contribution in [0.2, 0.25) is 5.02 Å². The Kier molecular flexibility index (Phi) is 4.20. The van der Waals surface area contributed by atoms with Crippen molar-refractivity contribution < 1.29 is 14.1 Å². The molecule has 6 heteroatoms. The molecule has 21 heavy (non-hydrogen) atoms. The maximum absolute atomic E-state index is 11.3. The van der Waals surface area contributed by atoms with Gasteiger partial charge in [-0.2, -0.15) is 0 Å². The smallest absolute Gasteiger partial charge is 0.399 e. The molecule has 0 spiro atoms. The van der Waals surface area contributed by atoms with Crippen molar-refractivity contribution in [3.63, 3.8) is 0 Å². The van der Waals surface area contributed by atoms with Crippen molar-refractivity contribution in [2.75, 3.05) is 5.32 Å². The summed E-state index contributed by atoms with van der Waals surface area (Å²) >= 11 is 6.29. The Morgan fingerprint density at radius 3 is 2.33 bits per heavy atom. The highest BCUT2D eigenvalue weighted by Crippen LogP contribution is 2.37. The van der Waals surface area contributed by atoms with Gasteiger partial charge in [0.05, 0.1) is 11.2 Å². The number of hydrogen-bond acceptors (Lipinski definition) is 3. The minimum absolute atomic E-state index is 0.283. The van der Waals surface area contributed by atoms with Crippen LogP contribution in [-0.4, -0.2) is 24.2 Å². The number of carbonyl (C=O) groups is 1. The number of hydrogen-bond donors (Lipinski definition) is 1. The van der Waals surface area contributed by atoms with E-state index in [1.54, 1.807) is 18.2 Å². The molecule has 1 fully saturated rings. The standard InChI is InChI=1S/C15H19BClNO3/c1-6-13(19)18-10-7-8-11(12(17)9-10)16-20-14(2,3)15(4,5)21-16/h6-9H,1H2,2-5H3,(H,18,19). The molecule has 112 valence electrons. The van der Waals surface area contributed by atoms with Crippen LogP contribution in [0.3, 0.4) is 0 Å². The summed E-state index contributed by atoms with van der Waals surface area (Å²) in [4.78, 5) is 11.3. The lowest BCUT2D eigenvalue weighted by molar-refractivity contribution is -0.111. The van der Waals surface area contributed by atoms with Crippen LogP contribution < -0.4 is 10.8 Å². The van der Waals surface area contributed by atoms with Gasteiger partial charge in [-0.25, -0.2) is 0 Å². The number of rotatable bonds is 3. The van der Waals surface area contributed by atoms with Gasteiger partial charge in [0.2, 0.25) is 5.91 Å². The largest absolute Gasteiger partial charge is 0.496 e. The van der Waals surface area contributed by atoms with E-state index in [0.29, 0.717) is 10.7 Å². The third-order valence-corrected chi connectivity index (χ3v) is 4.29. The van der Waals surface area contributed by atoms with Gasteiger partial charge in [-0.15, -0.1) is 0 Å². The molecule has 0 bridgehead atoms. The predicted molar refractivity (Wildman–Crippen MR) is 86.0 cm³/mol. The Hall–Kier alpha value is -1.30. The van der Waals surface area contributed by atoms with Gasteiger partial charge in [0.15, 0.2) is 0 Å². The Bertz CT molecular complexity index is 570. The molecule has 0 radical (unpaired) electrons. The van der Waals surface area contributed by atoms with Crippen LogP contribution in [0.5, 0.6) is 0 Å². The predicted octanol–water partition coefficient (Wildman–Crippen LogP) is 2.76. The van der Waals surface area contributed by atoms with Gasteiger partial charge in [-0.1, -0.05) is 24.2 Å². The third kappa shape index (κ3) is 3.15. The number of carbonyl (C=O) groups excluding carboxylic acids is 1. The van der Waals surface area contributed by atoms with Gasteiger partial charge in [-0.05, 0) is 45.9 Å². The zero-order chi connectivity index (χ0) is 15.8. The summed E-state index contributed by atoms with van der Waals surface area (Å²) < 4.78 is 11.9. The van der Waals surface area contributed by atoms with Crippen molar-refractivity contribution in [2.45, 2.75) is 38.9 Å². The minimum atomic E-state index is -0.522. The second-order valence-electron chi connectivity index (χ2n) is 6.02. The molecule has 1 aromatic rings. The van der Waals surface area contributed by atoms with E-state index < -0.39 is 18.3 Å². The fourth-order valence-electron chi connectivity index (χ4n) is 1.96. The lowest BCUT2D eigenvalue weighted by Gasteiger charge is -2.32. The van der Waals surface area contributed by atoms with Crippen molar-refractivity contribution in [1.82, 2.24) is 0 Å². The summed E-state index contributed by atoms with van der Waals surface area (Å²) in [5, 5.41) is 3.14. The molecule has 0 atom stereocenters. The van der Waals surface area contributed by atoms with Crippen LogP contribution in [0, 0.1) is 0 Å². The molecule has 0 aromatic heterocycles. The lowest BCUT2D eigenvalue weighted by Crippen LogP contribution is -2.41. The Morgan fingerprint density at radius 2 is 1.86 bits per heavy atom. The minimum Gasteiger partial charge on any atom is -0.399 e. The van der Waals surface area contributed by atoms with Gasteiger partial charge >= 0.3 is 7.12 Å². The monoisotopic (exact) mass is 307 g/mol. The highest BCUT2D eigenvalue weighted by molar-refractivity contribution is 6.65. The molecule has 1 aliphatic heterocycles. The van der Waals surface area contributed by atoms with Crippen LogP contribution in [0.4, 0.5) is 5.69 Å². The normalized spacial score (nSPS) is 19.4. The average molecular weight is 308 g/mol. The van der Waals surface area contributed by atoms with E-state index >= 15 is 0 Å². The molecule has 1 aliphatic rings. The van der Waals surface area contributed by atoms with Crippen LogP contribution in [0.15, 0.2) is 30.9 Å². The van der Waals surface area contributed by atoms with Crippen molar-refractivity contribution in [3.8, 4) is 0 Å². The van der Waals surface area contributed by atoms with Crippen LogP contribution >= 0.6 is 11.6 Å². The van der Waals surface area contributed by atoms with E-state index in [2.05, 4.69) is 11.9 Å². The van der Waals surface area contributed by atoms with E-state index in [1.165, 1.54) is 6.08 Å². The first-order valence-corrected chi connectivity index (χ1v) is 7.12. The van der Waals surface area contributed by atoms with Gasteiger partial charge in [0.25, 0.3) is 0 Å². The molecule has 1 N–H and O–H groups in total. The summed E-state index contributed by atoms with van der Waals surface area (Å²) in [7, 11) is -0.522. The zero-order valence-corrected chi connectivity index (χ0v) is 13.5. The Morgan fingerprint density at radius 1 is 1.29 bits per heavy atom. The summed E-state index contributed by atoms with van der Waals surface area (Å²) in [6.45, 7) is 11.3.